The zero-order chi connectivity index (χ0) is 14.8. The van der Waals surface area contributed by atoms with E-state index in [1.165, 1.54) is 23.4 Å². The van der Waals surface area contributed by atoms with Crippen LogP contribution in [0.15, 0.2) is 36.5 Å². The van der Waals surface area contributed by atoms with Gasteiger partial charge in [-0.1, -0.05) is 6.07 Å². The number of ether oxygens (including phenoxy) is 1. The van der Waals surface area contributed by atoms with Crippen LogP contribution in [-0.2, 0) is 13.0 Å². The molecule has 108 valence electrons. The highest BCUT2D eigenvalue weighted by molar-refractivity contribution is 5.48. The number of fused-ring (bicyclic) bond motifs is 1. The minimum Gasteiger partial charge on any atom is -0.497 e. The van der Waals surface area contributed by atoms with Crippen molar-refractivity contribution in [3.8, 4) is 5.75 Å². The SMILES string of the molecule is COc1ccc2c(c1)CN(c1ccc([N+](=O)[O-])cn1)CC2. The standard InChI is InChI=1S/C15H15N3O3/c1-21-14-4-2-11-6-7-17(10-12(11)8-14)15-5-3-13(9-16-15)18(19)20/h2-5,8-9H,6-7,10H2,1H3. The van der Waals surface area contributed by atoms with Crippen molar-refractivity contribution in [1.29, 1.82) is 0 Å². The normalized spacial score (nSPS) is 13.7. The number of nitro groups is 1. The molecular formula is C15H15N3O3. The molecule has 1 aromatic carbocycles. The molecule has 6 heteroatoms. The zero-order valence-electron chi connectivity index (χ0n) is 11.7. The van der Waals surface area contributed by atoms with Crippen molar-refractivity contribution < 1.29 is 9.66 Å². The molecule has 2 aromatic rings. The fourth-order valence-corrected chi connectivity index (χ4v) is 2.53. The summed E-state index contributed by atoms with van der Waals surface area (Å²) >= 11 is 0. The van der Waals surface area contributed by atoms with Gasteiger partial charge < -0.3 is 9.64 Å². The van der Waals surface area contributed by atoms with Crippen LogP contribution in [0.1, 0.15) is 11.1 Å². The van der Waals surface area contributed by atoms with Crippen LogP contribution < -0.4 is 9.64 Å². The molecule has 6 nitrogen and oxygen atoms in total. The summed E-state index contributed by atoms with van der Waals surface area (Å²) in [5.74, 6) is 1.60. The van der Waals surface area contributed by atoms with Crippen LogP contribution in [-0.4, -0.2) is 23.6 Å². The van der Waals surface area contributed by atoms with Gasteiger partial charge in [0.05, 0.1) is 12.0 Å². The smallest absolute Gasteiger partial charge is 0.287 e. The van der Waals surface area contributed by atoms with Gasteiger partial charge >= 0.3 is 0 Å². The van der Waals surface area contributed by atoms with Gasteiger partial charge in [0.25, 0.3) is 5.69 Å². The summed E-state index contributed by atoms with van der Waals surface area (Å²) in [5, 5.41) is 10.7. The van der Waals surface area contributed by atoms with Gasteiger partial charge in [-0.3, -0.25) is 10.1 Å². The number of hydrogen-bond acceptors (Lipinski definition) is 5. The molecule has 0 saturated heterocycles. The Bertz CT molecular complexity index is 670. The number of methoxy groups -OCH3 is 1. The van der Waals surface area contributed by atoms with E-state index in [4.69, 9.17) is 4.74 Å². The van der Waals surface area contributed by atoms with E-state index in [2.05, 4.69) is 16.0 Å². The van der Waals surface area contributed by atoms with Crippen LogP contribution in [0.3, 0.4) is 0 Å². The number of nitrogens with zero attached hydrogens (tertiary/aromatic N) is 3. The molecule has 0 unspecified atom stereocenters. The maximum Gasteiger partial charge on any atom is 0.287 e. The Hall–Kier alpha value is -2.63. The first-order valence-electron chi connectivity index (χ1n) is 6.68. The van der Waals surface area contributed by atoms with Crippen LogP contribution in [0.4, 0.5) is 11.5 Å². The highest BCUT2D eigenvalue weighted by Gasteiger charge is 2.18. The van der Waals surface area contributed by atoms with Crippen molar-refractivity contribution in [2.24, 2.45) is 0 Å². The number of hydrogen-bond donors (Lipinski definition) is 0. The average Bonchev–Trinajstić information content (AvgIpc) is 2.53. The fourth-order valence-electron chi connectivity index (χ4n) is 2.53. The Morgan fingerprint density at radius 1 is 1.29 bits per heavy atom. The summed E-state index contributed by atoms with van der Waals surface area (Å²) in [6.07, 6.45) is 2.23. The molecule has 0 radical (unpaired) electrons. The third-order valence-corrected chi connectivity index (χ3v) is 3.69. The Morgan fingerprint density at radius 2 is 2.14 bits per heavy atom. The van der Waals surface area contributed by atoms with E-state index in [0.717, 1.165) is 31.1 Å². The van der Waals surface area contributed by atoms with Crippen molar-refractivity contribution in [2.75, 3.05) is 18.6 Å². The summed E-state index contributed by atoms with van der Waals surface area (Å²) in [6, 6.07) is 9.28. The van der Waals surface area contributed by atoms with Crippen molar-refractivity contribution in [2.45, 2.75) is 13.0 Å². The van der Waals surface area contributed by atoms with Crippen molar-refractivity contribution in [1.82, 2.24) is 4.98 Å². The second kappa shape index (κ2) is 5.40. The largest absolute Gasteiger partial charge is 0.497 e. The molecule has 0 spiro atoms. The lowest BCUT2D eigenvalue weighted by molar-refractivity contribution is -0.385. The summed E-state index contributed by atoms with van der Waals surface area (Å²) in [5.41, 5.74) is 2.53. The average molecular weight is 285 g/mol. The Morgan fingerprint density at radius 3 is 2.81 bits per heavy atom. The topological polar surface area (TPSA) is 68.5 Å². The lowest BCUT2D eigenvalue weighted by atomic mass is 9.99. The molecule has 0 amide bonds. The third kappa shape index (κ3) is 2.65. The predicted octanol–water partition coefficient (Wildman–Crippen LogP) is 2.56. The first-order valence-corrected chi connectivity index (χ1v) is 6.68. The Labute approximate surface area is 122 Å². The maximum atomic E-state index is 10.7. The van der Waals surface area contributed by atoms with Gasteiger partial charge in [0.15, 0.2) is 0 Å². The van der Waals surface area contributed by atoms with Crippen LogP contribution >= 0.6 is 0 Å². The number of benzene rings is 1. The van der Waals surface area contributed by atoms with E-state index in [1.807, 2.05) is 12.1 Å². The molecule has 0 N–H and O–H groups in total. The van der Waals surface area contributed by atoms with Crippen LogP contribution in [0.2, 0.25) is 0 Å². The third-order valence-electron chi connectivity index (χ3n) is 3.69. The molecule has 1 aliphatic rings. The van der Waals surface area contributed by atoms with E-state index < -0.39 is 4.92 Å². The van der Waals surface area contributed by atoms with Crippen LogP contribution in [0.5, 0.6) is 5.75 Å². The zero-order valence-corrected chi connectivity index (χ0v) is 11.7. The van der Waals surface area contributed by atoms with Gasteiger partial charge in [-0.05, 0) is 35.7 Å². The van der Waals surface area contributed by atoms with Gasteiger partial charge in [-0.25, -0.2) is 4.98 Å². The minimum absolute atomic E-state index is 0.0119. The van der Waals surface area contributed by atoms with Crippen molar-refractivity contribution >= 4 is 11.5 Å². The van der Waals surface area contributed by atoms with Gasteiger partial charge in [0.2, 0.25) is 0 Å². The predicted molar refractivity (Wildman–Crippen MR) is 78.6 cm³/mol. The van der Waals surface area contributed by atoms with Gasteiger partial charge in [0.1, 0.15) is 17.8 Å². The highest BCUT2D eigenvalue weighted by atomic mass is 16.6. The van der Waals surface area contributed by atoms with Gasteiger partial charge in [0, 0.05) is 19.2 Å². The molecule has 0 atom stereocenters. The monoisotopic (exact) mass is 285 g/mol. The first-order chi connectivity index (χ1) is 10.2. The quantitative estimate of drug-likeness (QED) is 0.640. The number of aromatic nitrogens is 1. The Balaban J connectivity index is 1.83. The van der Waals surface area contributed by atoms with E-state index in [0.29, 0.717) is 0 Å². The highest BCUT2D eigenvalue weighted by Crippen LogP contribution is 2.26. The minimum atomic E-state index is -0.437. The van der Waals surface area contributed by atoms with Crippen molar-refractivity contribution in [3.05, 3.63) is 57.8 Å². The van der Waals surface area contributed by atoms with E-state index >= 15 is 0 Å². The molecule has 0 fully saturated rings. The van der Waals surface area contributed by atoms with E-state index in [9.17, 15) is 10.1 Å². The summed E-state index contributed by atoms with van der Waals surface area (Å²) in [4.78, 5) is 16.5. The fraction of sp³-hybridized carbons (Fsp3) is 0.267. The number of anilines is 1. The maximum absolute atomic E-state index is 10.7. The molecular weight excluding hydrogens is 270 g/mol. The van der Waals surface area contributed by atoms with Gasteiger partial charge in [-0.2, -0.15) is 0 Å². The lowest BCUT2D eigenvalue weighted by Gasteiger charge is -2.29. The van der Waals surface area contributed by atoms with Crippen LogP contribution in [0.25, 0.3) is 0 Å². The summed E-state index contributed by atoms with van der Waals surface area (Å²) < 4.78 is 5.25. The molecule has 2 heterocycles. The first kappa shape index (κ1) is 13.4. The van der Waals surface area contributed by atoms with Crippen LogP contribution in [0, 0.1) is 10.1 Å². The molecule has 21 heavy (non-hydrogen) atoms. The molecule has 0 saturated carbocycles. The summed E-state index contributed by atoms with van der Waals surface area (Å²) in [6.45, 7) is 1.58. The molecule has 1 aromatic heterocycles. The second-order valence-electron chi connectivity index (χ2n) is 4.94. The van der Waals surface area contributed by atoms with E-state index in [-0.39, 0.29) is 5.69 Å². The lowest BCUT2D eigenvalue weighted by Crippen LogP contribution is -2.30. The molecule has 0 aliphatic carbocycles. The van der Waals surface area contributed by atoms with E-state index in [1.54, 1.807) is 13.2 Å². The van der Waals surface area contributed by atoms with Crippen molar-refractivity contribution in [3.63, 3.8) is 0 Å². The second-order valence-corrected chi connectivity index (χ2v) is 4.94. The molecule has 1 aliphatic heterocycles. The summed E-state index contributed by atoms with van der Waals surface area (Å²) in [7, 11) is 1.65. The number of pyridine rings is 1. The van der Waals surface area contributed by atoms with Gasteiger partial charge in [-0.15, -0.1) is 0 Å². The number of rotatable bonds is 3. The molecule has 3 rings (SSSR count). The molecule has 0 bridgehead atoms. The Kier molecular flexibility index (Phi) is 3.43.